The van der Waals surface area contributed by atoms with Crippen LogP contribution < -0.4 is 0 Å². The van der Waals surface area contributed by atoms with E-state index < -0.39 is 15.3 Å². The van der Waals surface area contributed by atoms with Crippen molar-refractivity contribution >= 4 is 15.7 Å². The average molecular weight is 520 g/mol. The molecule has 3 heterocycles. The fourth-order valence-electron chi connectivity index (χ4n) is 4.71. The van der Waals surface area contributed by atoms with Crippen LogP contribution in [-0.2, 0) is 26.9 Å². The number of carbonyl (C=O) groups excluding carboxylic acids is 1. The quantitative estimate of drug-likeness (QED) is 0.324. The largest absolute Gasteiger partial charge is 0.445 e. The maximum atomic E-state index is 13.6. The first-order chi connectivity index (χ1) is 17.6. The van der Waals surface area contributed by atoms with E-state index in [1.165, 1.54) is 6.26 Å². The van der Waals surface area contributed by atoms with Crippen molar-refractivity contribution in [3.8, 4) is 22.6 Å². The van der Waals surface area contributed by atoms with Gasteiger partial charge in [0, 0.05) is 35.2 Å². The fourth-order valence-corrected chi connectivity index (χ4v) is 6.29. The molecule has 2 aromatic heterocycles. The monoisotopic (exact) mass is 519 g/mol. The molecule has 1 fully saturated rings. The molecule has 1 aliphatic heterocycles. The van der Waals surface area contributed by atoms with Gasteiger partial charge in [0.2, 0.25) is 11.8 Å². The van der Waals surface area contributed by atoms with E-state index in [9.17, 15) is 13.2 Å². The van der Waals surface area contributed by atoms with Crippen LogP contribution in [0.4, 0.5) is 0 Å². The molecule has 1 amide bonds. The minimum absolute atomic E-state index is 0.0813. The molecule has 0 bridgehead atoms. The van der Waals surface area contributed by atoms with Crippen molar-refractivity contribution in [2.45, 2.75) is 51.3 Å². The number of carbonyl (C=O) groups is 1. The summed E-state index contributed by atoms with van der Waals surface area (Å²) >= 11 is 0. The summed E-state index contributed by atoms with van der Waals surface area (Å²) in [5, 5.41) is 3.96. The van der Waals surface area contributed by atoms with Crippen molar-refractivity contribution in [2.24, 2.45) is 5.41 Å². The van der Waals surface area contributed by atoms with E-state index in [0.717, 1.165) is 28.7 Å². The topological polar surface area (TPSA) is 107 Å². The molecular weight excluding hydrogens is 490 g/mol. The number of oxazole rings is 1. The van der Waals surface area contributed by atoms with Gasteiger partial charge in [-0.25, -0.2) is 13.4 Å². The number of benzene rings is 2. The van der Waals surface area contributed by atoms with Gasteiger partial charge in [-0.05, 0) is 49.6 Å². The molecule has 0 radical (unpaired) electrons. The lowest BCUT2D eigenvalue weighted by molar-refractivity contribution is -0.135. The Morgan fingerprint density at radius 2 is 1.86 bits per heavy atom. The molecule has 5 rings (SSSR count). The second-order valence-electron chi connectivity index (χ2n) is 10.1. The number of likely N-dealkylation sites (tertiary alicyclic amines) is 1. The van der Waals surface area contributed by atoms with Crippen LogP contribution in [0.1, 0.15) is 42.8 Å². The Morgan fingerprint density at radius 3 is 2.51 bits per heavy atom. The van der Waals surface area contributed by atoms with Crippen molar-refractivity contribution in [1.29, 1.82) is 0 Å². The van der Waals surface area contributed by atoms with Gasteiger partial charge in [-0.1, -0.05) is 43.3 Å². The van der Waals surface area contributed by atoms with Crippen molar-refractivity contribution in [3.63, 3.8) is 0 Å². The van der Waals surface area contributed by atoms with Crippen LogP contribution in [0, 0.1) is 19.3 Å². The predicted molar refractivity (Wildman–Crippen MR) is 138 cm³/mol. The SMILES string of the molecule is Cc1onc(CS(=O)(=O)c2ccccc2-c2ccc(-c3ncco3)cc2CN2CCC(C)(C)C2=O)c1C. The highest BCUT2D eigenvalue weighted by atomic mass is 32.2. The molecule has 0 atom stereocenters. The first kappa shape index (κ1) is 25.0. The molecular formula is C28H29N3O5S. The molecule has 1 saturated heterocycles. The Labute approximate surface area is 216 Å². The van der Waals surface area contributed by atoms with Gasteiger partial charge >= 0.3 is 0 Å². The van der Waals surface area contributed by atoms with Crippen molar-refractivity contribution in [1.82, 2.24) is 15.0 Å². The van der Waals surface area contributed by atoms with Gasteiger partial charge in [-0.3, -0.25) is 4.79 Å². The van der Waals surface area contributed by atoms with Gasteiger partial charge in [0.1, 0.15) is 23.5 Å². The third kappa shape index (κ3) is 4.71. The van der Waals surface area contributed by atoms with Crippen LogP contribution >= 0.6 is 0 Å². The van der Waals surface area contributed by atoms with Gasteiger partial charge in [0.15, 0.2) is 9.84 Å². The Balaban J connectivity index is 1.60. The third-order valence-electron chi connectivity index (χ3n) is 7.11. The zero-order chi connectivity index (χ0) is 26.4. The fraction of sp³-hybridized carbons (Fsp3) is 0.321. The molecule has 2 aromatic carbocycles. The third-order valence-corrected chi connectivity index (χ3v) is 8.79. The maximum Gasteiger partial charge on any atom is 0.228 e. The standard InChI is InChI=1S/C28H29N3O5S/c1-18-19(2)36-30-24(18)17-37(33,34)25-8-6-5-7-23(25)22-10-9-20(26-29-12-14-35-26)15-21(22)16-31-13-11-28(3,4)27(31)32/h5-10,12,14-15H,11,13,16-17H2,1-4H3. The molecule has 192 valence electrons. The lowest BCUT2D eigenvalue weighted by Crippen LogP contribution is -2.30. The first-order valence-corrected chi connectivity index (χ1v) is 13.8. The number of aryl methyl sites for hydroxylation is 1. The van der Waals surface area contributed by atoms with Crippen molar-refractivity contribution in [2.75, 3.05) is 6.54 Å². The molecule has 4 aromatic rings. The maximum absolute atomic E-state index is 13.6. The minimum atomic E-state index is -3.76. The summed E-state index contributed by atoms with van der Waals surface area (Å²) in [6.07, 6.45) is 3.85. The molecule has 0 saturated carbocycles. The molecule has 37 heavy (non-hydrogen) atoms. The Morgan fingerprint density at radius 1 is 1.08 bits per heavy atom. The lowest BCUT2D eigenvalue weighted by atomic mass is 9.92. The minimum Gasteiger partial charge on any atom is -0.445 e. The summed E-state index contributed by atoms with van der Waals surface area (Å²) in [4.78, 5) is 19.3. The molecule has 0 unspecified atom stereocenters. The number of aromatic nitrogens is 2. The highest BCUT2D eigenvalue weighted by Gasteiger charge is 2.38. The smallest absolute Gasteiger partial charge is 0.228 e. The number of hydrogen-bond donors (Lipinski definition) is 0. The highest BCUT2D eigenvalue weighted by molar-refractivity contribution is 7.90. The summed E-state index contributed by atoms with van der Waals surface area (Å²) in [5.41, 5.74) is 3.58. The molecule has 0 N–H and O–H groups in total. The summed E-state index contributed by atoms with van der Waals surface area (Å²) in [6.45, 7) is 8.46. The molecule has 0 aliphatic carbocycles. The number of amides is 1. The lowest BCUT2D eigenvalue weighted by Gasteiger charge is -2.22. The van der Waals surface area contributed by atoms with Crippen LogP contribution in [0.15, 0.2) is 68.8 Å². The summed E-state index contributed by atoms with van der Waals surface area (Å²) in [5.74, 6) is 0.868. The molecule has 9 heteroatoms. The van der Waals surface area contributed by atoms with E-state index in [-0.39, 0.29) is 16.6 Å². The normalized spacial score (nSPS) is 15.5. The number of nitrogens with zero attached hydrogens (tertiary/aromatic N) is 3. The second kappa shape index (κ2) is 9.30. The Kier molecular flexibility index (Phi) is 6.27. The van der Waals surface area contributed by atoms with Crippen LogP contribution in [0.25, 0.3) is 22.6 Å². The zero-order valence-corrected chi connectivity index (χ0v) is 22.1. The predicted octanol–water partition coefficient (Wildman–Crippen LogP) is 5.35. The molecule has 0 spiro atoms. The van der Waals surface area contributed by atoms with Gasteiger partial charge in [0.05, 0.1) is 11.1 Å². The van der Waals surface area contributed by atoms with E-state index in [1.807, 2.05) is 43.0 Å². The van der Waals surface area contributed by atoms with Crippen LogP contribution in [0.2, 0.25) is 0 Å². The average Bonchev–Trinajstić information content (AvgIpc) is 3.58. The van der Waals surface area contributed by atoms with E-state index in [2.05, 4.69) is 10.1 Å². The van der Waals surface area contributed by atoms with Gasteiger partial charge in [-0.15, -0.1) is 0 Å². The van der Waals surface area contributed by atoms with Gasteiger partial charge in [0.25, 0.3) is 0 Å². The second-order valence-corrected chi connectivity index (χ2v) is 12.1. The number of rotatable bonds is 7. The summed E-state index contributed by atoms with van der Waals surface area (Å²) < 4.78 is 38.0. The van der Waals surface area contributed by atoms with Gasteiger partial charge < -0.3 is 13.8 Å². The Hall–Kier alpha value is -3.72. The number of sulfone groups is 1. The van der Waals surface area contributed by atoms with Crippen molar-refractivity contribution < 1.29 is 22.2 Å². The van der Waals surface area contributed by atoms with Crippen LogP contribution in [-0.4, -0.2) is 35.9 Å². The van der Waals surface area contributed by atoms with E-state index in [4.69, 9.17) is 8.94 Å². The highest BCUT2D eigenvalue weighted by Crippen LogP contribution is 2.37. The number of hydrogen-bond acceptors (Lipinski definition) is 7. The molecule has 1 aliphatic rings. The molecule has 8 nitrogen and oxygen atoms in total. The van der Waals surface area contributed by atoms with E-state index in [1.54, 1.807) is 38.2 Å². The van der Waals surface area contributed by atoms with E-state index in [0.29, 0.717) is 36.0 Å². The van der Waals surface area contributed by atoms with E-state index >= 15 is 0 Å². The van der Waals surface area contributed by atoms with Gasteiger partial charge in [-0.2, -0.15) is 0 Å². The van der Waals surface area contributed by atoms with Crippen LogP contribution in [0.5, 0.6) is 0 Å². The van der Waals surface area contributed by atoms with Crippen molar-refractivity contribution in [3.05, 3.63) is 77.5 Å². The zero-order valence-electron chi connectivity index (χ0n) is 21.3. The van der Waals surface area contributed by atoms with Crippen LogP contribution in [0.3, 0.4) is 0 Å². The Bertz CT molecular complexity index is 1570. The summed E-state index contributed by atoms with van der Waals surface area (Å²) in [7, 11) is -3.76. The first-order valence-electron chi connectivity index (χ1n) is 12.1. The summed E-state index contributed by atoms with van der Waals surface area (Å²) in [6, 6.07) is 12.6.